The number of hydrogen-bond acceptors (Lipinski definition) is 5. The van der Waals surface area contributed by atoms with Gasteiger partial charge in [-0.3, -0.25) is 4.79 Å². The molecule has 1 aromatic carbocycles. The lowest BCUT2D eigenvalue weighted by molar-refractivity contribution is -0.131. The third-order valence-electron chi connectivity index (χ3n) is 6.76. The molecule has 3 aromatic rings. The molecular weight excluding hydrogens is 424 g/mol. The van der Waals surface area contributed by atoms with Crippen molar-refractivity contribution < 1.29 is 4.79 Å². The van der Waals surface area contributed by atoms with Gasteiger partial charge in [-0.15, -0.1) is 0 Å². The Labute approximate surface area is 203 Å². The summed E-state index contributed by atoms with van der Waals surface area (Å²) in [5.41, 5.74) is 1.85. The number of unbranched alkanes of at least 4 members (excludes halogenated alkanes) is 3. The smallest absolute Gasteiger partial charge is 0.222 e. The zero-order valence-corrected chi connectivity index (χ0v) is 20.9. The van der Waals surface area contributed by atoms with Gasteiger partial charge in [0.1, 0.15) is 11.6 Å². The van der Waals surface area contributed by atoms with Gasteiger partial charge in [0.05, 0.1) is 17.3 Å². The minimum Gasteiger partial charge on any atom is -0.352 e. The summed E-state index contributed by atoms with van der Waals surface area (Å²) in [6, 6.07) is 10.1. The second-order valence-corrected chi connectivity index (χ2v) is 9.40. The summed E-state index contributed by atoms with van der Waals surface area (Å²) in [5.74, 6) is 2.38. The van der Waals surface area contributed by atoms with Gasteiger partial charge in [0, 0.05) is 38.5 Å². The van der Waals surface area contributed by atoms with Crippen LogP contribution >= 0.6 is 0 Å². The average Bonchev–Trinajstić information content (AvgIpc) is 3.31. The van der Waals surface area contributed by atoms with Crippen LogP contribution in [0.1, 0.15) is 77.5 Å². The maximum absolute atomic E-state index is 12.7. The van der Waals surface area contributed by atoms with Gasteiger partial charge in [-0.05, 0) is 25.0 Å². The molecule has 2 aromatic heterocycles. The number of anilines is 1. The summed E-state index contributed by atoms with van der Waals surface area (Å²) in [6.07, 6.45) is 9.24. The van der Waals surface area contributed by atoms with E-state index in [2.05, 4.69) is 30.8 Å². The molecule has 0 bridgehead atoms. The van der Waals surface area contributed by atoms with Gasteiger partial charge in [-0.1, -0.05) is 64.7 Å². The lowest BCUT2D eigenvalue weighted by Gasteiger charge is -2.36. The average molecular weight is 463 g/mol. The summed E-state index contributed by atoms with van der Waals surface area (Å²) in [7, 11) is 0. The number of piperazine rings is 1. The third kappa shape index (κ3) is 5.40. The molecule has 1 atom stereocenters. The highest BCUT2D eigenvalue weighted by Crippen LogP contribution is 2.29. The van der Waals surface area contributed by atoms with Crippen molar-refractivity contribution in [3.63, 3.8) is 0 Å². The molecule has 0 unspecified atom stereocenters. The van der Waals surface area contributed by atoms with Gasteiger partial charge in [-0.2, -0.15) is 5.10 Å². The number of para-hydroxylation sites is 1. The van der Waals surface area contributed by atoms with Crippen LogP contribution in [-0.2, 0) is 4.79 Å². The van der Waals surface area contributed by atoms with E-state index in [9.17, 15) is 4.79 Å². The summed E-state index contributed by atoms with van der Waals surface area (Å²) in [4.78, 5) is 27.0. The molecule has 0 N–H and O–H groups in total. The fourth-order valence-corrected chi connectivity index (χ4v) is 4.72. The van der Waals surface area contributed by atoms with Crippen LogP contribution in [0.2, 0.25) is 0 Å². The molecule has 1 amide bonds. The van der Waals surface area contributed by atoms with Crippen molar-refractivity contribution in [2.45, 2.75) is 71.6 Å². The van der Waals surface area contributed by atoms with Gasteiger partial charge < -0.3 is 9.80 Å². The molecule has 1 aliphatic rings. The topological polar surface area (TPSA) is 67.2 Å². The maximum Gasteiger partial charge on any atom is 0.222 e. The van der Waals surface area contributed by atoms with Crippen LogP contribution in [0, 0.1) is 0 Å². The molecule has 1 saturated heterocycles. The van der Waals surface area contributed by atoms with Crippen LogP contribution in [0.4, 0.5) is 5.82 Å². The van der Waals surface area contributed by atoms with Gasteiger partial charge >= 0.3 is 0 Å². The summed E-state index contributed by atoms with van der Waals surface area (Å²) >= 11 is 0. The van der Waals surface area contributed by atoms with Crippen molar-refractivity contribution in [3.05, 3.63) is 42.4 Å². The molecule has 0 radical (unpaired) electrons. The van der Waals surface area contributed by atoms with Crippen molar-refractivity contribution in [2.75, 3.05) is 31.1 Å². The van der Waals surface area contributed by atoms with Gasteiger partial charge in [0.15, 0.2) is 5.65 Å². The van der Waals surface area contributed by atoms with E-state index >= 15 is 0 Å². The molecule has 7 heteroatoms. The fraction of sp³-hybridized carbons (Fsp3) is 0.556. The Morgan fingerprint density at radius 3 is 2.44 bits per heavy atom. The molecule has 0 spiro atoms. The Balaban J connectivity index is 1.57. The second kappa shape index (κ2) is 11.4. The normalized spacial score (nSPS) is 15.1. The standard InChI is InChI=1S/C27H38N6O/c1-4-6-7-11-15-24(34)31-16-18-32(19-17-31)26-23-20-28-33(22-13-9-8-10-14-22)27(23)30-25(29-26)21(3)12-5-2/h8-10,13-14,20-21H,4-7,11-12,15-19H2,1-3H3/t21-/m1/s1. The first-order chi connectivity index (χ1) is 16.6. The van der Waals surface area contributed by atoms with Crippen molar-refractivity contribution in [1.82, 2.24) is 24.6 Å². The molecule has 34 heavy (non-hydrogen) atoms. The molecule has 3 heterocycles. The number of fused-ring (bicyclic) bond motifs is 1. The predicted molar refractivity (Wildman–Crippen MR) is 138 cm³/mol. The second-order valence-electron chi connectivity index (χ2n) is 9.40. The molecule has 0 saturated carbocycles. The molecular formula is C27H38N6O. The van der Waals surface area contributed by atoms with E-state index in [4.69, 9.17) is 9.97 Å². The van der Waals surface area contributed by atoms with E-state index in [-0.39, 0.29) is 11.8 Å². The highest BCUT2D eigenvalue weighted by Gasteiger charge is 2.25. The van der Waals surface area contributed by atoms with Crippen molar-refractivity contribution in [3.8, 4) is 5.69 Å². The predicted octanol–water partition coefficient (Wildman–Crippen LogP) is 5.34. The van der Waals surface area contributed by atoms with Crippen molar-refractivity contribution in [2.24, 2.45) is 0 Å². The van der Waals surface area contributed by atoms with Gasteiger partial charge in [0.2, 0.25) is 5.91 Å². The number of hydrogen-bond donors (Lipinski definition) is 0. The minimum atomic E-state index is 0.276. The Kier molecular flexibility index (Phi) is 8.14. The largest absolute Gasteiger partial charge is 0.352 e. The number of carbonyl (C=O) groups is 1. The quantitative estimate of drug-likeness (QED) is 0.381. The Hall–Kier alpha value is -2.96. The molecule has 1 aliphatic heterocycles. The van der Waals surface area contributed by atoms with E-state index in [1.54, 1.807) is 0 Å². The van der Waals surface area contributed by atoms with Gasteiger partial charge in [-0.25, -0.2) is 14.6 Å². The SMILES string of the molecule is CCCCCCC(=O)N1CCN(c2nc([C@H](C)CCC)nc3c2cnn3-c2ccccc2)CC1. The van der Waals surface area contributed by atoms with Crippen molar-refractivity contribution in [1.29, 1.82) is 0 Å². The minimum absolute atomic E-state index is 0.276. The lowest BCUT2D eigenvalue weighted by atomic mass is 10.1. The first-order valence-electron chi connectivity index (χ1n) is 13.0. The first kappa shape index (κ1) is 24.2. The van der Waals surface area contributed by atoms with Crippen LogP contribution in [0.5, 0.6) is 0 Å². The monoisotopic (exact) mass is 462 g/mol. The molecule has 182 valence electrons. The number of aromatic nitrogens is 4. The third-order valence-corrected chi connectivity index (χ3v) is 6.76. The van der Waals surface area contributed by atoms with Crippen molar-refractivity contribution >= 4 is 22.8 Å². The molecule has 4 rings (SSSR count). The van der Waals surface area contributed by atoms with E-state index in [0.717, 1.165) is 80.2 Å². The van der Waals surface area contributed by atoms with Crippen LogP contribution in [0.25, 0.3) is 16.7 Å². The number of benzene rings is 1. The Bertz CT molecular complexity index is 1070. The molecule has 0 aliphatic carbocycles. The maximum atomic E-state index is 12.7. The van der Waals surface area contributed by atoms with Crippen LogP contribution in [0.15, 0.2) is 36.5 Å². The molecule has 1 fully saturated rings. The van der Waals surface area contributed by atoms with E-state index < -0.39 is 0 Å². The number of carbonyl (C=O) groups excluding carboxylic acids is 1. The van der Waals surface area contributed by atoms with Gasteiger partial charge in [0.25, 0.3) is 0 Å². The number of rotatable bonds is 10. The lowest BCUT2D eigenvalue weighted by Crippen LogP contribution is -2.49. The van der Waals surface area contributed by atoms with Crippen LogP contribution in [-0.4, -0.2) is 56.7 Å². The Morgan fingerprint density at radius 1 is 0.971 bits per heavy atom. The first-order valence-corrected chi connectivity index (χ1v) is 13.0. The van der Waals surface area contributed by atoms with E-state index in [0.29, 0.717) is 6.42 Å². The fourth-order valence-electron chi connectivity index (χ4n) is 4.72. The number of nitrogens with zero attached hydrogens (tertiary/aromatic N) is 6. The van der Waals surface area contributed by atoms with Crippen LogP contribution in [0.3, 0.4) is 0 Å². The Morgan fingerprint density at radius 2 is 1.74 bits per heavy atom. The zero-order valence-electron chi connectivity index (χ0n) is 20.9. The highest BCUT2D eigenvalue weighted by atomic mass is 16.2. The van der Waals surface area contributed by atoms with E-state index in [1.165, 1.54) is 12.8 Å². The van der Waals surface area contributed by atoms with Crippen LogP contribution < -0.4 is 4.90 Å². The van der Waals surface area contributed by atoms with E-state index in [1.807, 2.05) is 46.1 Å². The summed E-state index contributed by atoms with van der Waals surface area (Å²) in [5, 5.41) is 5.65. The summed E-state index contributed by atoms with van der Waals surface area (Å²) < 4.78 is 1.92. The summed E-state index contributed by atoms with van der Waals surface area (Å²) in [6.45, 7) is 9.64. The molecule has 7 nitrogen and oxygen atoms in total. The number of amides is 1. The zero-order chi connectivity index (χ0) is 23.9. The highest BCUT2D eigenvalue weighted by molar-refractivity contribution is 5.88.